The van der Waals surface area contributed by atoms with E-state index in [1.54, 1.807) is 25.3 Å². The fourth-order valence-corrected chi connectivity index (χ4v) is 1.26. The summed E-state index contributed by atoms with van der Waals surface area (Å²) in [5.74, 6) is -0.474. The number of hydrogen-bond acceptors (Lipinski definition) is 5. The first kappa shape index (κ1) is 13.0. The molecule has 1 aromatic heterocycles. The molecule has 17 heavy (non-hydrogen) atoms. The lowest BCUT2D eigenvalue weighted by Crippen LogP contribution is -2.17. The number of ether oxygens (including phenoxy) is 1. The molecule has 0 atom stereocenters. The Balaban J connectivity index is 2.52. The molecule has 0 aliphatic rings. The smallest absolute Gasteiger partial charge is 0.307 e. The summed E-state index contributed by atoms with van der Waals surface area (Å²) in [5.41, 5.74) is 5.49. The van der Waals surface area contributed by atoms with Gasteiger partial charge in [-0.25, -0.2) is 4.98 Å². The first-order chi connectivity index (χ1) is 8.15. The number of amides is 1. The van der Waals surface area contributed by atoms with Gasteiger partial charge in [0.25, 0.3) is 5.91 Å². The third-order valence-electron chi connectivity index (χ3n) is 2.00. The maximum absolute atomic E-state index is 11.1. The first-order valence-corrected chi connectivity index (χ1v) is 5.29. The molecule has 1 aromatic rings. The van der Waals surface area contributed by atoms with Crippen LogP contribution in [0.5, 0.6) is 0 Å². The standard InChI is InChI=1S/C11H15N3O3/c1-2-17-9(15)5-7-14-11-8(10(12)16)4-3-6-13-11/h3-4,6H,2,5,7H2,1H3,(H2,12,16)(H,13,14). The molecule has 1 rings (SSSR count). The Bertz CT molecular complexity index is 407. The Morgan fingerprint density at radius 2 is 2.29 bits per heavy atom. The van der Waals surface area contributed by atoms with Gasteiger partial charge in [0.05, 0.1) is 18.6 Å². The van der Waals surface area contributed by atoms with Crippen LogP contribution in [0.4, 0.5) is 5.82 Å². The summed E-state index contributed by atoms with van der Waals surface area (Å²) in [6.07, 6.45) is 1.75. The average molecular weight is 237 g/mol. The summed E-state index contributed by atoms with van der Waals surface area (Å²) in [4.78, 5) is 26.1. The van der Waals surface area contributed by atoms with E-state index in [2.05, 4.69) is 10.3 Å². The van der Waals surface area contributed by atoms with Crippen molar-refractivity contribution in [2.24, 2.45) is 5.73 Å². The Morgan fingerprint density at radius 3 is 2.94 bits per heavy atom. The van der Waals surface area contributed by atoms with Crippen LogP contribution in [0.15, 0.2) is 18.3 Å². The summed E-state index contributed by atoms with van der Waals surface area (Å²) in [5, 5.41) is 2.87. The van der Waals surface area contributed by atoms with Gasteiger partial charge in [-0.2, -0.15) is 0 Å². The molecule has 0 bridgehead atoms. The Morgan fingerprint density at radius 1 is 1.53 bits per heavy atom. The van der Waals surface area contributed by atoms with E-state index < -0.39 is 5.91 Å². The second-order valence-corrected chi connectivity index (χ2v) is 3.25. The third-order valence-corrected chi connectivity index (χ3v) is 2.00. The van der Waals surface area contributed by atoms with E-state index in [1.165, 1.54) is 0 Å². The molecule has 0 fully saturated rings. The number of anilines is 1. The molecule has 0 aromatic carbocycles. The molecule has 0 aliphatic carbocycles. The highest BCUT2D eigenvalue weighted by molar-refractivity contribution is 5.97. The predicted octanol–water partition coefficient (Wildman–Crippen LogP) is 0.546. The minimum atomic E-state index is -0.559. The monoisotopic (exact) mass is 237 g/mol. The second-order valence-electron chi connectivity index (χ2n) is 3.25. The number of nitrogens with two attached hydrogens (primary N) is 1. The number of hydrogen-bond donors (Lipinski definition) is 2. The topological polar surface area (TPSA) is 94.3 Å². The Kier molecular flexibility index (Phi) is 4.93. The van der Waals surface area contributed by atoms with E-state index in [4.69, 9.17) is 10.5 Å². The van der Waals surface area contributed by atoms with Crippen LogP contribution < -0.4 is 11.1 Å². The molecule has 3 N–H and O–H groups in total. The van der Waals surface area contributed by atoms with Crippen molar-refractivity contribution < 1.29 is 14.3 Å². The molecule has 6 heteroatoms. The van der Waals surface area contributed by atoms with Crippen molar-refractivity contribution in [1.29, 1.82) is 0 Å². The van der Waals surface area contributed by atoms with E-state index in [9.17, 15) is 9.59 Å². The minimum Gasteiger partial charge on any atom is -0.466 e. The number of carbonyl (C=O) groups excluding carboxylic acids is 2. The zero-order valence-corrected chi connectivity index (χ0v) is 9.60. The van der Waals surface area contributed by atoms with Gasteiger partial charge in [0.15, 0.2) is 0 Å². The van der Waals surface area contributed by atoms with Crippen LogP contribution in [-0.2, 0) is 9.53 Å². The number of rotatable bonds is 6. The van der Waals surface area contributed by atoms with Crippen LogP contribution in [-0.4, -0.2) is 30.0 Å². The number of esters is 1. The summed E-state index contributed by atoms with van der Waals surface area (Å²) in [6, 6.07) is 3.19. The summed E-state index contributed by atoms with van der Waals surface area (Å²) < 4.78 is 4.77. The lowest BCUT2D eigenvalue weighted by molar-refractivity contribution is -0.142. The minimum absolute atomic E-state index is 0.211. The summed E-state index contributed by atoms with van der Waals surface area (Å²) in [7, 11) is 0. The molecule has 92 valence electrons. The fourth-order valence-electron chi connectivity index (χ4n) is 1.26. The van der Waals surface area contributed by atoms with Gasteiger partial charge in [0.2, 0.25) is 0 Å². The van der Waals surface area contributed by atoms with Crippen molar-refractivity contribution in [3.63, 3.8) is 0 Å². The SMILES string of the molecule is CCOC(=O)CCNc1ncccc1C(N)=O. The molecule has 1 amide bonds. The average Bonchev–Trinajstić information content (AvgIpc) is 2.30. The van der Waals surface area contributed by atoms with Crippen LogP contribution in [0.25, 0.3) is 0 Å². The third kappa shape index (κ3) is 4.10. The predicted molar refractivity (Wildman–Crippen MR) is 62.5 cm³/mol. The first-order valence-electron chi connectivity index (χ1n) is 5.29. The summed E-state index contributed by atoms with van der Waals surface area (Å²) in [6.45, 7) is 2.44. The van der Waals surface area contributed by atoms with Gasteiger partial charge in [0.1, 0.15) is 5.82 Å². The lowest BCUT2D eigenvalue weighted by Gasteiger charge is -2.08. The number of nitrogens with zero attached hydrogens (tertiary/aromatic N) is 1. The maximum Gasteiger partial charge on any atom is 0.307 e. The van der Waals surface area contributed by atoms with Gasteiger partial charge in [-0.3, -0.25) is 9.59 Å². The Hall–Kier alpha value is -2.11. The normalized spacial score (nSPS) is 9.71. The number of pyridine rings is 1. The van der Waals surface area contributed by atoms with E-state index in [1.807, 2.05) is 0 Å². The highest BCUT2D eigenvalue weighted by atomic mass is 16.5. The number of primary amides is 1. The van der Waals surface area contributed by atoms with Gasteiger partial charge in [0, 0.05) is 12.7 Å². The summed E-state index contributed by atoms with van der Waals surface area (Å²) >= 11 is 0. The largest absolute Gasteiger partial charge is 0.466 e. The van der Waals surface area contributed by atoms with Crippen molar-refractivity contribution in [3.8, 4) is 0 Å². The molecule has 0 saturated carbocycles. The van der Waals surface area contributed by atoms with Crippen molar-refractivity contribution in [1.82, 2.24) is 4.98 Å². The van der Waals surface area contributed by atoms with E-state index in [-0.39, 0.29) is 12.4 Å². The lowest BCUT2D eigenvalue weighted by atomic mass is 10.2. The quantitative estimate of drug-likeness (QED) is 0.704. The number of nitrogens with one attached hydrogen (secondary N) is 1. The van der Waals surface area contributed by atoms with Crippen LogP contribution in [0.2, 0.25) is 0 Å². The van der Waals surface area contributed by atoms with Gasteiger partial charge in [-0.15, -0.1) is 0 Å². The molecule has 0 aliphatic heterocycles. The zero-order chi connectivity index (χ0) is 12.7. The molecule has 0 spiro atoms. The highest BCUT2D eigenvalue weighted by Crippen LogP contribution is 2.10. The molecule has 0 radical (unpaired) electrons. The maximum atomic E-state index is 11.1. The van der Waals surface area contributed by atoms with Crippen molar-refractivity contribution in [2.75, 3.05) is 18.5 Å². The molecule has 0 unspecified atom stereocenters. The molecular formula is C11H15N3O3. The number of carbonyl (C=O) groups is 2. The molecule has 0 saturated heterocycles. The molecular weight excluding hydrogens is 222 g/mol. The van der Waals surface area contributed by atoms with Crippen molar-refractivity contribution in [3.05, 3.63) is 23.9 Å². The second kappa shape index (κ2) is 6.47. The fraction of sp³-hybridized carbons (Fsp3) is 0.364. The van der Waals surface area contributed by atoms with Gasteiger partial charge in [-0.05, 0) is 19.1 Å². The van der Waals surface area contributed by atoms with Gasteiger partial charge < -0.3 is 15.8 Å². The van der Waals surface area contributed by atoms with E-state index in [0.717, 1.165) is 0 Å². The van der Waals surface area contributed by atoms with Crippen LogP contribution in [0.1, 0.15) is 23.7 Å². The number of aromatic nitrogens is 1. The van der Waals surface area contributed by atoms with Crippen molar-refractivity contribution >= 4 is 17.7 Å². The molecule has 1 heterocycles. The van der Waals surface area contributed by atoms with E-state index >= 15 is 0 Å². The van der Waals surface area contributed by atoms with Gasteiger partial charge in [-0.1, -0.05) is 0 Å². The van der Waals surface area contributed by atoms with Crippen LogP contribution in [0.3, 0.4) is 0 Å². The van der Waals surface area contributed by atoms with Crippen LogP contribution in [0, 0.1) is 0 Å². The van der Waals surface area contributed by atoms with E-state index in [0.29, 0.717) is 24.5 Å². The highest BCUT2D eigenvalue weighted by Gasteiger charge is 2.08. The Labute approximate surface area is 99.2 Å². The zero-order valence-electron chi connectivity index (χ0n) is 9.60. The molecule has 6 nitrogen and oxygen atoms in total. The van der Waals surface area contributed by atoms with Crippen LogP contribution >= 0.6 is 0 Å². The van der Waals surface area contributed by atoms with Gasteiger partial charge >= 0.3 is 5.97 Å². The van der Waals surface area contributed by atoms with Crippen molar-refractivity contribution in [2.45, 2.75) is 13.3 Å².